The van der Waals surface area contributed by atoms with Gasteiger partial charge >= 0.3 is 0 Å². The van der Waals surface area contributed by atoms with Crippen LogP contribution < -0.4 is 10.6 Å². The first kappa shape index (κ1) is 17.6. The first-order valence-electron chi connectivity index (χ1n) is 8.76. The molecule has 3 rings (SSSR count). The lowest BCUT2D eigenvalue weighted by Crippen LogP contribution is -2.11. The van der Waals surface area contributed by atoms with Gasteiger partial charge in [0.1, 0.15) is 0 Å². The van der Waals surface area contributed by atoms with Crippen LogP contribution in [0.5, 0.6) is 0 Å². The lowest BCUT2D eigenvalue weighted by Gasteiger charge is -2.24. The minimum atomic E-state index is 0.738. The van der Waals surface area contributed by atoms with Crippen LogP contribution in [-0.2, 0) is 0 Å². The van der Waals surface area contributed by atoms with Gasteiger partial charge in [-0.25, -0.2) is 0 Å². The number of allylic oxidation sites excluding steroid dienone is 2. The van der Waals surface area contributed by atoms with Crippen molar-refractivity contribution in [2.75, 3.05) is 0 Å². The highest BCUT2D eigenvalue weighted by molar-refractivity contribution is 7.27. The first-order valence-corrected chi connectivity index (χ1v) is 9.92. The molecular weight excluding hydrogens is 326 g/mol. The molecule has 0 radical (unpaired) electrons. The van der Waals surface area contributed by atoms with Crippen LogP contribution in [0.2, 0.25) is 0 Å². The fourth-order valence-corrected chi connectivity index (χ4v) is 3.62. The fraction of sp³-hybridized carbons (Fsp3) is 0.273. The molecule has 2 aromatic rings. The van der Waals surface area contributed by atoms with Crippen LogP contribution >= 0.6 is 18.5 Å². The summed E-state index contributed by atoms with van der Waals surface area (Å²) < 4.78 is 0. The molecule has 1 fully saturated rings. The normalized spacial score (nSPS) is 21.6. The van der Waals surface area contributed by atoms with E-state index in [0.29, 0.717) is 0 Å². The molecule has 2 aromatic carbocycles. The Morgan fingerprint density at radius 2 is 0.917 bits per heavy atom. The van der Waals surface area contributed by atoms with Crippen molar-refractivity contribution < 1.29 is 0 Å². The Hall–Kier alpha value is -1.22. The lowest BCUT2D eigenvalue weighted by atomic mass is 9.81. The van der Waals surface area contributed by atoms with E-state index in [2.05, 4.69) is 91.3 Å². The smallest absolute Gasteiger partial charge is 0.0230 e. The third-order valence-electron chi connectivity index (χ3n) is 4.81. The van der Waals surface area contributed by atoms with Crippen LogP contribution in [0.25, 0.3) is 12.2 Å². The lowest BCUT2D eigenvalue weighted by molar-refractivity contribution is 0.358. The van der Waals surface area contributed by atoms with Crippen molar-refractivity contribution in [1.29, 1.82) is 0 Å². The summed E-state index contributed by atoms with van der Waals surface area (Å²) in [5.74, 6) is 1.48. The zero-order valence-corrected chi connectivity index (χ0v) is 16.4. The molecule has 1 aliphatic rings. The molecule has 124 valence electrons. The van der Waals surface area contributed by atoms with Crippen LogP contribution in [0, 0.1) is 11.8 Å². The minimum absolute atomic E-state index is 0.738. The van der Waals surface area contributed by atoms with Crippen molar-refractivity contribution in [3.05, 3.63) is 71.8 Å². The van der Waals surface area contributed by atoms with Crippen molar-refractivity contribution in [3.63, 3.8) is 0 Å². The number of rotatable bonds is 4. The topological polar surface area (TPSA) is 0 Å². The van der Waals surface area contributed by atoms with Gasteiger partial charge in [-0.15, -0.1) is 18.5 Å². The highest BCUT2D eigenvalue weighted by Crippen LogP contribution is 2.31. The van der Waals surface area contributed by atoms with Crippen molar-refractivity contribution in [3.8, 4) is 0 Å². The van der Waals surface area contributed by atoms with Crippen LogP contribution in [0.4, 0.5) is 0 Å². The molecule has 24 heavy (non-hydrogen) atoms. The molecule has 2 atom stereocenters. The van der Waals surface area contributed by atoms with Gasteiger partial charge in [0.25, 0.3) is 0 Å². The number of hydrogen-bond acceptors (Lipinski definition) is 0. The van der Waals surface area contributed by atoms with Crippen LogP contribution in [-0.4, -0.2) is 0 Å². The van der Waals surface area contributed by atoms with Gasteiger partial charge in [-0.1, -0.05) is 72.8 Å². The summed E-state index contributed by atoms with van der Waals surface area (Å²) >= 11 is 0. The zero-order valence-electron chi connectivity index (χ0n) is 14.1. The first-order chi connectivity index (χ1) is 11.7. The molecule has 1 saturated carbocycles. The third-order valence-corrected chi connectivity index (χ3v) is 5.58. The predicted molar refractivity (Wildman–Crippen MR) is 115 cm³/mol. The molecular formula is C22H26P2. The van der Waals surface area contributed by atoms with Crippen molar-refractivity contribution >= 4 is 41.2 Å². The largest absolute Gasteiger partial charge is 0.106 e. The molecule has 0 saturated heterocycles. The monoisotopic (exact) mass is 352 g/mol. The maximum Gasteiger partial charge on any atom is -0.0230 e. The molecule has 2 unspecified atom stereocenters. The summed E-state index contributed by atoms with van der Waals surface area (Å²) in [7, 11) is 5.47. The molecule has 0 aromatic heterocycles. The summed E-state index contributed by atoms with van der Waals surface area (Å²) in [4.78, 5) is 0. The van der Waals surface area contributed by atoms with E-state index >= 15 is 0 Å². The summed E-state index contributed by atoms with van der Waals surface area (Å²) in [6.45, 7) is 0. The minimum Gasteiger partial charge on any atom is -0.106 e. The second kappa shape index (κ2) is 8.75. The Balaban J connectivity index is 1.48. The number of benzene rings is 2. The molecule has 0 N–H and O–H groups in total. The van der Waals surface area contributed by atoms with E-state index in [9.17, 15) is 0 Å². The standard InChI is InChI=1S/C22H26P2/c23-21-13-9-19(10-14-21)7-5-17-1-2-18(4-3-17)6-8-20-11-15-22(24)16-12-20/h5-18H,1-4,23-24H2. The Kier molecular flexibility index (Phi) is 6.42. The third kappa shape index (κ3) is 5.41. The van der Waals surface area contributed by atoms with E-state index in [4.69, 9.17) is 0 Å². The van der Waals surface area contributed by atoms with Crippen LogP contribution in [0.3, 0.4) is 0 Å². The Morgan fingerprint density at radius 3 is 1.25 bits per heavy atom. The van der Waals surface area contributed by atoms with E-state index < -0.39 is 0 Å². The summed E-state index contributed by atoms with van der Waals surface area (Å²) in [6, 6.07) is 17.3. The summed E-state index contributed by atoms with van der Waals surface area (Å²) in [6.07, 6.45) is 14.6. The maximum atomic E-state index is 2.74. The average molecular weight is 352 g/mol. The van der Waals surface area contributed by atoms with Crippen LogP contribution in [0.1, 0.15) is 36.8 Å². The molecule has 1 aliphatic carbocycles. The van der Waals surface area contributed by atoms with E-state index in [-0.39, 0.29) is 0 Å². The molecule has 0 nitrogen and oxygen atoms in total. The van der Waals surface area contributed by atoms with Gasteiger partial charge in [0.15, 0.2) is 0 Å². The van der Waals surface area contributed by atoms with E-state index in [1.165, 1.54) is 47.4 Å². The fourth-order valence-electron chi connectivity index (χ4n) is 3.24. The molecule has 0 amide bonds. The van der Waals surface area contributed by atoms with Gasteiger partial charge < -0.3 is 0 Å². The molecule has 0 spiro atoms. The quantitative estimate of drug-likeness (QED) is 0.662. The van der Waals surface area contributed by atoms with Gasteiger partial charge in [-0.05, 0) is 59.3 Å². The van der Waals surface area contributed by atoms with Gasteiger partial charge in [-0.2, -0.15) is 0 Å². The summed E-state index contributed by atoms with van der Waals surface area (Å²) in [5, 5.41) is 2.48. The Morgan fingerprint density at radius 1 is 0.583 bits per heavy atom. The SMILES string of the molecule is Pc1ccc(C=CC2CCC(C=Cc3ccc(P)cc3)CC2)cc1. The Bertz CT molecular complexity index is 624. The van der Waals surface area contributed by atoms with Crippen molar-refractivity contribution in [1.82, 2.24) is 0 Å². The van der Waals surface area contributed by atoms with Crippen molar-refractivity contribution in [2.45, 2.75) is 25.7 Å². The van der Waals surface area contributed by atoms with Gasteiger partial charge in [0, 0.05) is 0 Å². The average Bonchev–Trinajstić information content (AvgIpc) is 2.62. The molecule has 0 bridgehead atoms. The highest BCUT2D eigenvalue weighted by atomic mass is 31.0. The van der Waals surface area contributed by atoms with Crippen LogP contribution in [0.15, 0.2) is 60.7 Å². The zero-order chi connectivity index (χ0) is 16.8. The maximum absolute atomic E-state index is 2.74. The Labute approximate surface area is 150 Å². The molecule has 0 heterocycles. The molecule has 0 aliphatic heterocycles. The van der Waals surface area contributed by atoms with Gasteiger partial charge in [-0.3, -0.25) is 0 Å². The number of hydrogen-bond donors (Lipinski definition) is 0. The van der Waals surface area contributed by atoms with Gasteiger partial charge in [0.2, 0.25) is 0 Å². The highest BCUT2D eigenvalue weighted by Gasteiger charge is 2.17. The van der Waals surface area contributed by atoms with E-state index in [1.54, 1.807) is 0 Å². The summed E-state index contributed by atoms with van der Waals surface area (Å²) in [5.41, 5.74) is 2.61. The predicted octanol–water partition coefficient (Wildman–Crippen LogP) is 5.22. The van der Waals surface area contributed by atoms with E-state index in [1.807, 2.05) is 0 Å². The van der Waals surface area contributed by atoms with Crippen molar-refractivity contribution in [2.24, 2.45) is 11.8 Å². The molecule has 2 heteroatoms. The van der Waals surface area contributed by atoms with E-state index in [0.717, 1.165) is 11.8 Å². The second-order valence-electron chi connectivity index (χ2n) is 6.73. The second-order valence-corrected chi connectivity index (χ2v) is 8.06. The van der Waals surface area contributed by atoms with Gasteiger partial charge in [0.05, 0.1) is 0 Å².